The quantitative estimate of drug-likeness (QED) is 0.579. The van der Waals surface area contributed by atoms with E-state index >= 15 is 0 Å². The lowest BCUT2D eigenvalue weighted by Crippen LogP contribution is -2.27. The number of carbonyl (C=O) groups is 1. The van der Waals surface area contributed by atoms with Crippen molar-refractivity contribution in [3.8, 4) is 0 Å². The number of rotatable bonds is 7. The van der Waals surface area contributed by atoms with E-state index in [1.54, 1.807) is 19.9 Å². The molecule has 27 heavy (non-hydrogen) atoms. The van der Waals surface area contributed by atoms with Gasteiger partial charge in [0.05, 0.1) is 28.1 Å². The van der Waals surface area contributed by atoms with Gasteiger partial charge in [-0.05, 0) is 43.0 Å². The molecule has 0 radical (unpaired) electrons. The molecule has 0 saturated carbocycles. The van der Waals surface area contributed by atoms with Gasteiger partial charge in [0.2, 0.25) is 5.95 Å². The average Bonchev–Trinajstić information content (AvgIpc) is 3.20. The van der Waals surface area contributed by atoms with Gasteiger partial charge in [0.15, 0.2) is 0 Å². The maximum Gasteiger partial charge on any atom is 0.268 e. The van der Waals surface area contributed by atoms with Crippen LogP contribution in [0.1, 0.15) is 42.9 Å². The Morgan fingerprint density at radius 3 is 2.74 bits per heavy atom. The molecule has 0 aliphatic rings. The lowest BCUT2D eigenvalue weighted by molar-refractivity contribution is 0.0630. The van der Waals surface area contributed by atoms with Crippen LogP contribution in [0, 0.1) is 0 Å². The minimum absolute atomic E-state index is 0.195. The number of amides is 1. The van der Waals surface area contributed by atoms with Crippen molar-refractivity contribution in [3.63, 3.8) is 0 Å². The van der Waals surface area contributed by atoms with E-state index in [2.05, 4.69) is 29.5 Å². The monoisotopic (exact) mass is 386 g/mol. The molecule has 144 valence electrons. The van der Waals surface area contributed by atoms with Crippen molar-refractivity contribution in [2.24, 2.45) is 0 Å². The molecule has 1 aromatic carbocycles. The van der Waals surface area contributed by atoms with E-state index in [1.807, 2.05) is 34.2 Å². The molecule has 7 heteroatoms. The van der Waals surface area contributed by atoms with E-state index in [9.17, 15) is 9.90 Å². The SMILES string of the molecule is CC(C)NCc1ccc2c(c1)nc(NC(=O)c1cccs1)n2CC(C)(C)O. The van der Waals surface area contributed by atoms with Gasteiger partial charge < -0.3 is 15.0 Å². The molecular formula is C20H26N4O2S. The molecule has 0 unspecified atom stereocenters. The van der Waals surface area contributed by atoms with Gasteiger partial charge in [0.25, 0.3) is 5.91 Å². The number of nitrogens with zero attached hydrogens (tertiary/aromatic N) is 2. The van der Waals surface area contributed by atoms with E-state index < -0.39 is 5.60 Å². The van der Waals surface area contributed by atoms with Gasteiger partial charge >= 0.3 is 0 Å². The Hall–Kier alpha value is -2.22. The fourth-order valence-corrected chi connectivity index (χ4v) is 3.44. The summed E-state index contributed by atoms with van der Waals surface area (Å²) in [7, 11) is 0. The molecule has 0 aliphatic carbocycles. The smallest absolute Gasteiger partial charge is 0.268 e. The second-order valence-electron chi connectivity index (χ2n) is 7.62. The number of aliphatic hydroxyl groups is 1. The minimum atomic E-state index is -0.937. The Kier molecular flexibility index (Phi) is 5.64. The van der Waals surface area contributed by atoms with Crippen LogP contribution < -0.4 is 10.6 Å². The van der Waals surface area contributed by atoms with Crippen LogP contribution in [0.3, 0.4) is 0 Å². The van der Waals surface area contributed by atoms with E-state index in [0.717, 1.165) is 23.1 Å². The number of imidazole rings is 1. The lowest BCUT2D eigenvalue weighted by Gasteiger charge is -2.20. The zero-order valence-electron chi connectivity index (χ0n) is 16.1. The van der Waals surface area contributed by atoms with Crippen LogP contribution >= 0.6 is 11.3 Å². The van der Waals surface area contributed by atoms with Crippen molar-refractivity contribution >= 4 is 34.2 Å². The summed E-state index contributed by atoms with van der Waals surface area (Å²) < 4.78 is 1.86. The Morgan fingerprint density at radius 2 is 2.11 bits per heavy atom. The number of benzene rings is 1. The fourth-order valence-electron chi connectivity index (χ4n) is 2.82. The number of fused-ring (bicyclic) bond motifs is 1. The lowest BCUT2D eigenvalue weighted by atomic mass is 10.1. The highest BCUT2D eigenvalue weighted by Crippen LogP contribution is 2.24. The van der Waals surface area contributed by atoms with Crippen LogP contribution in [0.2, 0.25) is 0 Å². The Labute approximate surface area is 163 Å². The third-order valence-electron chi connectivity index (χ3n) is 4.04. The molecule has 1 amide bonds. The predicted octanol–water partition coefficient (Wildman–Crippen LogP) is 3.62. The maximum atomic E-state index is 12.5. The van der Waals surface area contributed by atoms with Crippen molar-refractivity contribution in [3.05, 3.63) is 46.2 Å². The highest BCUT2D eigenvalue weighted by atomic mass is 32.1. The number of hydrogen-bond donors (Lipinski definition) is 3. The van der Waals surface area contributed by atoms with E-state index in [4.69, 9.17) is 0 Å². The topological polar surface area (TPSA) is 79.2 Å². The van der Waals surface area contributed by atoms with Gasteiger partial charge in [0, 0.05) is 12.6 Å². The molecule has 3 rings (SSSR count). The third-order valence-corrected chi connectivity index (χ3v) is 4.91. The van der Waals surface area contributed by atoms with Gasteiger partial charge in [-0.15, -0.1) is 11.3 Å². The first-order valence-corrected chi connectivity index (χ1v) is 9.91. The Balaban J connectivity index is 1.96. The molecule has 0 bridgehead atoms. The summed E-state index contributed by atoms with van der Waals surface area (Å²) in [4.78, 5) is 17.7. The average molecular weight is 387 g/mol. The Bertz CT molecular complexity index is 924. The number of aromatic nitrogens is 2. The summed E-state index contributed by atoms with van der Waals surface area (Å²) in [5.41, 5.74) is 1.87. The van der Waals surface area contributed by atoms with Gasteiger partial charge in [-0.3, -0.25) is 10.1 Å². The number of thiophene rings is 1. The zero-order chi connectivity index (χ0) is 19.6. The second kappa shape index (κ2) is 7.80. The first-order valence-electron chi connectivity index (χ1n) is 9.03. The molecule has 3 N–H and O–H groups in total. The van der Waals surface area contributed by atoms with E-state index in [1.165, 1.54) is 11.3 Å². The van der Waals surface area contributed by atoms with Crippen LogP contribution in [0.15, 0.2) is 35.7 Å². The summed E-state index contributed by atoms with van der Waals surface area (Å²) >= 11 is 1.38. The van der Waals surface area contributed by atoms with Crippen molar-refractivity contribution in [1.82, 2.24) is 14.9 Å². The molecule has 2 aromatic heterocycles. The maximum absolute atomic E-state index is 12.5. The summed E-state index contributed by atoms with van der Waals surface area (Å²) in [6.45, 7) is 8.77. The fraction of sp³-hybridized carbons (Fsp3) is 0.400. The molecule has 0 aliphatic heterocycles. The predicted molar refractivity (Wildman–Crippen MR) is 110 cm³/mol. The highest BCUT2D eigenvalue weighted by molar-refractivity contribution is 7.12. The van der Waals surface area contributed by atoms with Crippen molar-refractivity contribution < 1.29 is 9.90 Å². The van der Waals surface area contributed by atoms with Gasteiger partial charge in [-0.1, -0.05) is 26.0 Å². The molecule has 3 aromatic rings. The van der Waals surface area contributed by atoms with Crippen LogP contribution in [0.4, 0.5) is 5.95 Å². The van der Waals surface area contributed by atoms with Crippen LogP contribution in [0.5, 0.6) is 0 Å². The minimum Gasteiger partial charge on any atom is -0.389 e. The van der Waals surface area contributed by atoms with Crippen LogP contribution in [-0.4, -0.2) is 32.2 Å². The first kappa shape index (κ1) is 19.5. The summed E-state index contributed by atoms with van der Waals surface area (Å²) in [6.07, 6.45) is 0. The molecule has 2 heterocycles. The van der Waals surface area contributed by atoms with Gasteiger partial charge in [-0.25, -0.2) is 4.98 Å². The molecule has 0 spiro atoms. The largest absolute Gasteiger partial charge is 0.389 e. The van der Waals surface area contributed by atoms with Crippen molar-refractivity contribution in [1.29, 1.82) is 0 Å². The Morgan fingerprint density at radius 1 is 1.33 bits per heavy atom. The van der Waals surface area contributed by atoms with E-state index in [-0.39, 0.29) is 5.91 Å². The molecular weight excluding hydrogens is 360 g/mol. The first-order chi connectivity index (χ1) is 12.7. The molecule has 0 atom stereocenters. The second-order valence-corrected chi connectivity index (χ2v) is 8.57. The number of carbonyl (C=O) groups excluding carboxylic acids is 1. The number of hydrogen-bond acceptors (Lipinski definition) is 5. The van der Waals surface area contributed by atoms with Gasteiger partial charge in [0.1, 0.15) is 0 Å². The van der Waals surface area contributed by atoms with Crippen molar-refractivity contribution in [2.75, 3.05) is 5.32 Å². The van der Waals surface area contributed by atoms with Crippen LogP contribution in [-0.2, 0) is 13.1 Å². The molecule has 6 nitrogen and oxygen atoms in total. The zero-order valence-corrected chi connectivity index (χ0v) is 16.9. The highest BCUT2D eigenvalue weighted by Gasteiger charge is 2.21. The normalized spacial score (nSPS) is 12.1. The summed E-state index contributed by atoms with van der Waals surface area (Å²) in [5.74, 6) is 0.249. The molecule has 0 saturated heterocycles. The van der Waals surface area contributed by atoms with Crippen molar-refractivity contribution in [2.45, 2.75) is 52.4 Å². The van der Waals surface area contributed by atoms with Crippen LogP contribution in [0.25, 0.3) is 11.0 Å². The summed E-state index contributed by atoms with van der Waals surface area (Å²) in [5, 5.41) is 18.5. The standard InChI is InChI=1S/C20H26N4O2S/c1-13(2)21-11-14-7-8-16-15(10-14)22-19(24(16)12-20(3,4)26)23-18(25)17-6-5-9-27-17/h5-10,13,21,26H,11-12H2,1-4H3,(H,22,23,25). The number of nitrogens with one attached hydrogen (secondary N) is 2. The summed E-state index contributed by atoms with van der Waals surface area (Å²) in [6, 6.07) is 10.1. The van der Waals surface area contributed by atoms with Gasteiger partial charge in [-0.2, -0.15) is 0 Å². The number of anilines is 1. The molecule has 0 fully saturated rings. The van der Waals surface area contributed by atoms with E-state index in [0.29, 0.717) is 23.4 Å². The third kappa shape index (κ3) is 4.94.